The van der Waals surface area contributed by atoms with Crippen LogP contribution < -0.4 is 10.2 Å². The molecule has 4 heteroatoms. The summed E-state index contributed by atoms with van der Waals surface area (Å²) in [6, 6.07) is 5.94. The quantitative estimate of drug-likeness (QED) is 0.631. The van der Waals surface area contributed by atoms with Crippen LogP contribution >= 0.6 is 0 Å². The Morgan fingerprint density at radius 3 is 2.32 bits per heavy atom. The van der Waals surface area contributed by atoms with Crippen LogP contribution in [0.3, 0.4) is 0 Å². The summed E-state index contributed by atoms with van der Waals surface area (Å²) in [5.74, 6) is 6.77. The topological polar surface area (TPSA) is 27.7 Å². The molecular weight excluding hydrogens is 275 g/mol. The maximum atomic E-state index is 6.13. The second-order valence-electron chi connectivity index (χ2n) is 6.56. The van der Waals surface area contributed by atoms with Gasteiger partial charge in [-0.05, 0) is 53.2 Å². The number of hydrogen-bond acceptors (Lipinski definition) is 3. The molecule has 0 atom stereocenters. The Bertz CT molecular complexity index is 580. The molecular formula is C18H25BO3. The van der Waals surface area contributed by atoms with Gasteiger partial charge < -0.3 is 14.0 Å². The average Bonchev–Trinajstić information content (AvgIpc) is 2.65. The number of benzene rings is 1. The van der Waals surface area contributed by atoms with Crippen molar-refractivity contribution >= 4 is 12.6 Å². The van der Waals surface area contributed by atoms with Gasteiger partial charge in [0, 0.05) is 11.0 Å². The van der Waals surface area contributed by atoms with Crippen LogP contribution in [0.1, 0.15) is 53.5 Å². The highest BCUT2D eigenvalue weighted by molar-refractivity contribution is 6.63. The third-order valence-corrected chi connectivity index (χ3v) is 4.25. The SMILES string of the molecule is CC#Cc1ccc(B2OC(C)(C)C(C)(C)O2)c(OCCC)c1. The Kier molecular flexibility index (Phi) is 4.89. The molecule has 1 fully saturated rings. The molecule has 0 amide bonds. The van der Waals surface area contributed by atoms with Gasteiger partial charge >= 0.3 is 7.12 Å². The van der Waals surface area contributed by atoms with E-state index >= 15 is 0 Å². The fourth-order valence-corrected chi connectivity index (χ4v) is 2.26. The lowest BCUT2D eigenvalue weighted by atomic mass is 9.78. The molecule has 2 rings (SSSR count). The molecule has 0 aliphatic carbocycles. The zero-order valence-electron chi connectivity index (χ0n) is 14.4. The van der Waals surface area contributed by atoms with Gasteiger partial charge in [0.25, 0.3) is 0 Å². The lowest BCUT2D eigenvalue weighted by molar-refractivity contribution is 0.00578. The number of ether oxygens (including phenoxy) is 1. The van der Waals surface area contributed by atoms with Crippen LogP contribution in [-0.4, -0.2) is 24.9 Å². The van der Waals surface area contributed by atoms with Crippen LogP contribution in [0, 0.1) is 11.8 Å². The van der Waals surface area contributed by atoms with Gasteiger partial charge in [0.1, 0.15) is 5.75 Å². The highest BCUT2D eigenvalue weighted by Gasteiger charge is 2.52. The van der Waals surface area contributed by atoms with E-state index < -0.39 is 7.12 Å². The molecule has 0 bridgehead atoms. The van der Waals surface area contributed by atoms with Crippen molar-refractivity contribution in [1.82, 2.24) is 0 Å². The van der Waals surface area contributed by atoms with Gasteiger partial charge in [0.15, 0.2) is 0 Å². The third kappa shape index (κ3) is 3.32. The highest BCUT2D eigenvalue weighted by Crippen LogP contribution is 2.37. The van der Waals surface area contributed by atoms with E-state index in [-0.39, 0.29) is 11.2 Å². The smallest absolute Gasteiger partial charge is 0.494 e. The molecule has 3 nitrogen and oxygen atoms in total. The van der Waals surface area contributed by atoms with Crippen molar-refractivity contribution in [3.8, 4) is 17.6 Å². The summed E-state index contributed by atoms with van der Waals surface area (Å²) < 4.78 is 18.2. The van der Waals surface area contributed by atoms with E-state index in [2.05, 4.69) is 46.5 Å². The standard InChI is InChI=1S/C18H25BO3/c1-7-9-14-10-11-15(16(13-14)20-12-8-2)19-21-17(3,4)18(5,6)22-19/h10-11,13H,8,12H2,1-6H3. The van der Waals surface area contributed by atoms with Crippen LogP contribution in [0.4, 0.5) is 0 Å². The first-order valence-corrected chi connectivity index (χ1v) is 7.86. The van der Waals surface area contributed by atoms with Crippen LogP contribution in [0.5, 0.6) is 5.75 Å². The van der Waals surface area contributed by atoms with E-state index in [4.69, 9.17) is 14.0 Å². The maximum Gasteiger partial charge on any atom is 0.498 e. The largest absolute Gasteiger partial charge is 0.498 e. The molecule has 0 spiro atoms. The van der Waals surface area contributed by atoms with E-state index in [9.17, 15) is 0 Å². The fourth-order valence-electron chi connectivity index (χ4n) is 2.26. The predicted molar refractivity (Wildman–Crippen MR) is 90.5 cm³/mol. The average molecular weight is 300 g/mol. The third-order valence-electron chi connectivity index (χ3n) is 4.25. The van der Waals surface area contributed by atoms with E-state index in [1.807, 2.05) is 25.1 Å². The van der Waals surface area contributed by atoms with Crippen LogP contribution in [0.15, 0.2) is 18.2 Å². The van der Waals surface area contributed by atoms with Crippen molar-refractivity contribution < 1.29 is 14.0 Å². The summed E-state index contributed by atoms with van der Waals surface area (Å²) in [5.41, 5.74) is 1.14. The van der Waals surface area contributed by atoms with E-state index in [0.29, 0.717) is 6.61 Å². The molecule has 1 aliphatic heterocycles. The van der Waals surface area contributed by atoms with Crippen LogP contribution in [-0.2, 0) is 9.31 Å². The van der Waals surface area contributed by atoms with Gasteiger partial charge in [-0.1, -0.05) is 18.9 Å². The lowest BCUT2D eigenvalue weighted by Gasteiger charge is -2.32. The minimum Gasteiger partial charge on any atom is -0.494 e. The molecule has 0 N–H and O–H groups in total. The first-order valence-electron chi connectivity index (χ1n) is 7.86. The van der Waals surface area contributed by atoms with Gasteiger partial charge in [-0.25, -0.2) is 0 Å². The molecule has 1 aliphatic rings. The lowest BCUT2D eigenvalue weighted by Crippen LogP contribution is -2.41. The van der Waals surface area contributed by atoms with Gasteiger partial charge in [-0.2, -0.15) is 0 Å². The van der Waals surface area contributed by atoms with Gasteiger partial charge in [0.2, 0.25) is 0 Å². The maximum absolute atomic E-state index is 6.13. The molecule has 1 saturated heterocycles. The normalized spacial score (nSPS) is 18.7. The Balaban J connectivity index is 2.35. The molecule has 118 valence electrons. The molecule has 0 saturated carbocycles. The minimum absolute atomic E-state index is 0.360. The zero-order chi connectivity index (χ0) is 16.4. The summed E-state index contributed by atoms with van der Waals surface area (Å²) >= 11 is 0. The molecule has 0 unspecified atom stereocenters. The van der Waals surface area contributed by atoms with E-state index in [1.54, 1.807) is 0 Å². The van der Waals surface area contributed by atoms with Gasteiger partial charge in [0.05, 0.1) is 17.8 Å². The molecule has 1 aromatic carbocycles. The van der Waals surface area contributed by atoms with Gasteiger partial charge in [-0.15, -0.1) is 5.92 Å². The Labute approximate surface area is 134 Å². The van der Waals surface area contributed by atoms with Crippen molar-refractivity contribution in [2.75, 3.05) is 6.61 Å². The summed E-state index contributed by atoms with van der Waals surface area (Å²) in [6.45, 7) is 12.8. The summed E-state index contributed by atoms with van der Waals surface area (Å²) in [5, 5.41) is 0. The molecule has 1 aromatic rings. The number of hydrogen-bond donors (Lipinski definition) is 0. The highest BCUT2D eigenvalue weighted by atomic mass is 16.7. The molecule has 1 heterocycles. The second-order valence-corrected chi connectivity index (χ2v) is 6.56. The van der Waals surface area contributed by atoms with Crippen molar-refractivity contribution in [2.45, 2.75) is 59.2 Å². The molecule has 22 heavy (non-hydrogen) atoms. The van der Waals surface area contributed by atoms with Crippen molar-refractivity contribution in [3.63, 3.8) is 0 Å². The Morgan fingerprint density at radius 1 is 1.14 bits per heavy atom. The Hall–Kier alpha value is -1.44. The summed E-state index contributed by atoms with van der Waals surface area (Å²) in [4.78, 5) is 0. The second kappa shape index (κ2) is 6.36. The van der Waals surface area contributed by atoms with Crippen LogP contribution in [0.2, 0.25) is 0 Å². The molecule has 0 radical (unpaired) electrons. The first kappa shape index (κ1) is 16.9. The fraction of sp³-hybridized carbons (Fsp3) is 0.556. The van der Waals surface area contributed by atoms with Crippen molar-refractivity contribution in [2.24, 2.45) is 0 Å². The van der Waals surface area contributed by atoms with Crippen LogP contribution in [0.25, 0.3) is 0 Å². The van der Waals surface area contributed by atoms with Gasteiger partial charge in [-0.3, -0.25) is 0 Å². The van der Waals surface area contributed by atoms with Crippen molar-refractivity contribution in [3.05, 3.63) is 23.8 Å². The predicted octanol–water partition coefficient (Wildman–Crippen LogP) is 3.15. The Morgan fingerprint density at radius 2 is 1.77 bits per heavy atom. The summed E-state index contributed by atoms with van der Waals surface area (Å²) in [7, 11) is -0.416. The number of rotatable bonds is 4. The first-order chi connectivity index (χ1) is 10.3. The minimum atomic E-state index is -0.416. The van der Waals surface area contributed by atoms with Crippen molar-refractivity contribution in [1.29, 1.82) is 0 Å². The summed E-state index contributed by atoms with van der Waals surface area (Å²) in [6.07, 6.45) is 0.951. The zero-order valence-corrected chi connectivity index (χ0v) is 14.4. The molecule has 0 aromatic heterocycles. The monoisotopic (exact) mass is 300 g/mol. The van der Waals surface area contributed by atoms with E-state index in [0.717, 1.165) is 23.2 Å². The van der Waals surface area contributed by atoms with E-state index in [1.165, 1.54) is 0 Å².